The first-order valence-corrected chi connectivity index (χ1v) is 8.17. The Morgan fingerprint density at radius 2 is 2.40 bits per heavy atom. The van der Waals surface area contributed by atoms with Crippen LogP contribution in [0.15, 0.2) is 23.7 Å². The Labute approximate surface area is 123 Å². The monoisotopic (exact) mass is 291 g/mol. The number of piperidine rings is 1. The van der Waals surface area contributed by atoms with Gasteiger partial charge in [-0.3, -0.25) is 10.00 Å². The maximum Gasteiger partial charge on any atom is 0.0794 e. The fourth-order valence-electron chi connectivity index (χ4n) is 3.03. The minimum atomic E-state index is 0.282. The molecule has 3 rings (SSSR count). The Morgan fingerprint density at radius 3 is 3.20 bits per heavy atom. The molecule has 1 saturated heterocycles. The third-order valence-corrected chi connectivity index (χ3v) is 4.96. The van der Waals surface area contributed by atoms with Crippen molar-refractivity contribution < 1.29 is 5.11 Å². The SMILES string of the molecule is OCCC1CCCCN1Cc1cn[nH]c1-c1cccs1. The van der Waals surface area contributed by atoms with E-state index in [-0.39, 0.29) is 6.61 Å². The van der Waals surface area contributed by atoms with Gasteiger partial charge in [0.25, 0.3) is 0 Å². The molecule has 3 heterocycles. The highest BCUT2D eigenvalue weighted by molar-refractivity contribution is 7.13. The molecule has 5 heteroatoms. The molecule has 0 radical (unpaired) electrons. The molecule has 0 aliphatic carbocycles. The van der Waals surface area contributed by atoms with Gasteiger partial charge in [0.2, 0.25) is 0 Å². The second-order valence-corrected chi connectivity index (χ2v) is 6.33. The summed E-state index contributed by atoms with van der Waals surface area (Å²) in [6.07, 6.45) is 6.57. The second kappa shape index (κ2) is 6.52. The van der Waals surface area contributed by atoms with Crippen molar-refractivity contribution in [1.29, 1.82) is 0 Å². The summed E-state index contributed by atoms with van der Waals surface area (Å²) >= 11 is 1.74. The molecule has 2 aromatic rings. The Balaban J connectivity index is 1.75. The molecule has 1 aliphatic rings. The molecular formula is C15H21N3OS. The largest absolute Gasteiger partial charge is 0.396 e. The van der Waals surface area contributed by atoms with Gasteiger partial charge in [-0.15, -0.1) is 11.3 Å². The zero-order valence-corrected chi connectivity index (χ0v) is 12.4. The normalized spacial score (nSPS) is 20.4. The number of aromatic amines is 1. The molecular weight excluding hydrogens is 270 g/mol. The molecule has 1 aliphatic heterocycles. The molecule has 0 amide bonds. The Morgan fingerprint density at radius 1 is 1.45 bits per heavy atom. The van der Waals surface area contributed by atoms with Crippen molar-refractivity contribution in [1.82, 2.24) is 15.1 Å². The van der Waals surface area contributed by atoms with Gasteiger partial charge in [-0.05, 0) is 37.3 Å². The average Bonchev–Trinajstić information content (AvgIpc) is 3.11. The number of aliphatic hydroxyl groups excluding tert-OH is 1. The quantitative estimate of drug-likeness (QED) is 0.890. The van der Waals surface area contributed by atoms with Crippen LogP contribution in [0.2, 0.25) is 0 Å². The van der Waals surface area contributed by atoms with Crippen LogP contribution in [0.25, 0.3) is 10.6 Å². The number of likely N-dealkylation sites (tertiary alicyclic amines) is 1. The van der Waals surface area contributed by atoms with Crippen LogP contribution in [0.4, 0.5) is 0 Å². The second-order valence-electron chi connectivity index (χ2n) is 5.38. The van der Waals surface area contributed by atoms with Crippen LogP contribution in [0, 0.1) is 0 Å². The fraction of sp³-hybridized carbons (Fsp3) is 0.533. The number of nitrogens with zero attached hydrogens (tertiary/aromatic N) is 2. The van der Waals surface area contributed by atoms with E-state index in [1.54, 1.807) is 11.3 Å². The summed E-state index contributed by atoms with van der Waals surface area (Å²) in [7, 11) is 0. The van der Waals surface area contributed by atoms with Crippen LogP contribution < -0.4 is 0 Å². The fourth-order valence-corrected chi connectivity index (χ4v) is 3.78. The van der Waals surface area contributed by atoms with Crippen molar-refractivity contribution in [2.24, 2.45) is 0 Å². The van der Waals surface area contributed by atoms with E-state index in [2.05, 4.69) is 32.6 Å². The summed E-state index contributed by atoms with van der Waals surface area (Å²) in [6, 6.07) is 4.71. The number of thiophene rings is 1. The molecule has 0 spiro atoms. The molecule has 108 valence electrons. The highest BCUT2D eigenvalue weighted by Gasteiger charge is 2.23. The first kappa shape index (κ1) is 13.8. The lowest BCUT2D eigenvalue weighted by Crippen LogP contribution is -2.39. The van der Waals surface area contributed by atoms with Crippen molar-refractivity contribution in [2.75, 3.05) is 13.2 Å². The highest BCUT2D eigenvalue weighted by Crippen LogP contribution is 2.28. The van der Waals surface area contributed by atoms with Gasteiger partial charge in [0.05, 0.1) is 16.8 Å². The lowest BCUT2D eigenvalue weighted by Gasteiger charge is -2.35. The minimum Gasteiger partial charge on any atom is -0.396 e. The molecule has 1 atom stereocenters. The van der Waals surface area contributed by atoms with Gasteiger partial charge >= 0.3 is 0 Å². The molecule has 4 nitrogen and oxygen atoms in total. The predicted octanol–water partition coefficient (Wildman–Crippen LogP) is 2.88. The van der Waals surface area contributed by atoms with Crippen LogP contribution in [-0.2, 0) is 6.54 Å². The summed E-state index contributed by atoms with van der Waals surface area (Å²) in [6.45, 7) is 2.33. The lowest BCUT2D eigenvalue weighted by atomic mass is 9.99. The van der Waals surface area contributed by atoms with Gasteiger partial charge in [-0.1, -0.05) is 12.5 Å². The van der Waals surface area contributed by atoms with E-state index in [0.29, 0.717) is 6.04 Å². The van der Waals surface area contributed by atoms with E-state index < -0.39 is 0 Å². The van der Waals surface area contributed by atoms with Crippen molar-refractivity contribution in [3.63, 3.8) is 0 Å². The van der Waals surface area contributed by atoms with Crippen molar-refractivity contribution in [3.8, 4) is 10.6 Å². The summed E-state index contributed by atoms with van der Waals surface area (Å²) in [4.78, 5) is 3.75. The van der Waals surface area contributed by atoms with E-state index in [1.165, 1.54) is 29.7 Å². The summed E-state index contributed by atoms with van der Waals surface area (Å²) in [5.74, 6) is 0. The number of nitrogens with one attached hydrogen (secondary N) is 1. The van der Waals surface area contributed by atoms with Crippen LogP contribution in [-0.4, -0.2) is 39.4 Å². The van der Waals surface area contributed by atoms with Crippen LogP contribution in [0.5, 0.6) is 0 Å². The highest BCUT2D eigenvalue weighted by atomic mass is 32.1. The molecule has 2 N–H and O–H groups in total. The topological polar surface area (TPSA) is 52.1 Å². The van der Waals surface area contributed by atoms with E-state index >= 15 is 0 Å². The van der Waals surface area contributed by atoms with Gasteiger partial charge in [-0.2, -0.15) is 5.10 Å². The molecule has 20 heavy (non-hydrogen) atoms. The van der Waals surface area contributed by atoms with E-state index in [4.69, 9.17) is 0 Å². The van der Waals surface area contributed by atoms with Gasteiger partial charge in [0.15, 0.2) is 0 Å². The maximum absolute atomic E-state index is 9.22. The van der Waals surface area contributed by atoms with Crippen LogP contribution in [0.3, 0.4) is 0 Å². The smallest absolute Gasteiger partial charge is 0.0794 e. The van der Waals surface area contributed by atoms with Gasteiger partial charge in [0.1, 0.15) is 0 Å². The third kappa shape index (κ3) is 2.95. The Kier molecular flexibility index (Phi) is 4.50. The van der Waals surface area contributed by atoms with Crippen molar-refractivity contribution in [2.45, 2.75) is 38.3 Å². The van der Waals surface area contributed by atoms with Crippen LogP contribution in [0.1, 0.15) is 31.2 Å². The standard InChI is InChI=1S/C15H21N3OS/c19-8-6-13-4-1-2-7-18(13)11-12-10-16-17-15(12)14-5-3-9-20-14/h3,5,9-10,13,19H,1-2,4,6-8,11H2,(H,16,17). The van der Waals surface area contributed by atoms with E-state index in [1.807, 2.05) is 6.20 Å². The van der Waals surface area contributed by atoms with Crippen molar-refractivity contribution in [3.05, 3.63) is 29.3 Å². The van der Waals surface area contributed by atoms with E-state index in [0.717, 1.165) is 25.2 Å². The zero-order chi connectivity index (χ0) is 13.8. The number of hydrogen-bond donors (Lipinski definition) is 2. The average molecular weight is 291 g/mol. The Hall–Kier alpha value is -1.17. The van der Waals surface area contributed by atoms with E-state index in [9.17, 15) is 5.11 Å². The number of aromatic nitrogens is 2. The third-order valence-electron chi connectivity index (χ3n) is 4.07. The summed E-state index contributed by atoms with van der Waals surface area (Å²) in [5.41, 5.74) is 2.41. The van der Waals surface area contributed by atoms with Gasteiger partial charge < -0.3 is 5.11 Å². The number of rotatable bonds is 5. The molecule has 0 saturated carbocycles. The molecule has 0 bridgehead atoms. The molecule has 1 unspecified atom stereocenters. The first-order valence-electron chi connectivity index (χ1n) is 7.29. The predicted molar refractivity (Wildman–Crippen MR) is 81.7 cm³/mol. The van der Waals surface area contributed by atoms with Gasteiger partial charge in [0, 0.05) is 24.8 Å². The lowest BCUT2D eigenvalue weighted by molar-refractivity contribution is 0.112. The Bertz CT molecular complexity index is 521. The molecule has 2 aromatic heterocycles. The minimum absolute atomic E-state index is 0.282. The molecule has 1 fully saturated rings. The number of H-pyrrole nitrogens is 1. The summed E-state index contributed by atoms with van der Waals surface area (Å²) in [5, 5.41) is 18.7. The van der Waals surface area contributed by atoms with Crippen molar-refractivity contribution >= 4 is 11.3 Å². The maximum atomic E-state index is 9.22. The summed E-state index contributed by atoms with van der Waals surface area (Å²) < 4.78 is 0. The van der Waals surface area contributed by atoms with Gasteiger partial charge in [-0.25, -0.2) is 0 Å². The zero-order valence-electron chi connectivity index (χ0n) is 11.6. The number of hydrogen-bond acceptors (Lipinski definition) is 4. The van der Waals surface area contributed by atoms with Crippen LogP contribution >= 0.6 is 11.3 Å². The first-order chi connectivity index (χ1) is 9.88. The number of aliphatic hydroxyl groups is 1. The molecule has 0 aromatic carbocycles.